The maximum atomic E-state index is 11.3. The van der Waals surface area contributed by atoms with Gasteiger partial charge in [-0.2, -0.15) is 0 Å². The van der Waals surface area contributed by atoms with E-state index < -0.39 is 6.10 Å². The summed E-state index contributed by atoms with van der Waals surface area (Å²) in [5, 5.41) is 9.02. The van der Waals surface area contributed by atoms with Gasteiger partial charge in [-0.15, -0.1) is 0 Å². The van der Waals surface area contributed by atoms with E-state index in [0.717, 1.165) is 12.8 Å². The SMILES string of the molecule is CCCCCCCC/C=C\CCCCCCCC(=O)OCC(C)O. The van der Waals surface area contributed by atoms with E-state index in [4.69, 9.17) is 9.84 Å². The Balaban J connectivity index is 3.19. The minimum atomic E-state index is -0.567. The van der Waals surface area contributed by atoms with Crippen molar-refractivity contribution in [1.82, 2.24) is 0 Å². The molecule has 0 heterocycles. The molecule has 0 aliphatic carbocycles. The van der Waals surface area contributed by atoms with E-state index in [-0.39, 0.29) is 12.6 Å². The number of carbonyl (C=O) groups excluding carboxylic acids is 1. The van der Waals surface area contributed by atoms with Gasteiger partial charge in [0.1, 0.15) is 6.61 Å². The standard InChI is InChI=1S/C21H40O3/c1-3-4-5-6-7-8-9-10-11-12-13-14-15-16-17-18-21(23)24-19-20(2)22/h10-11,20,22H,3-9,12-19H2,1-2H3/b11-10-. The summed E-state index contributed by atoms with van der Waals surface area (Å²) in [6.07, 6.45) is 20.9. The van der Waals surface area contributed by atoms with Crippen LogP contribution in [0.2, 0.25) is 0 Å². The molecule has 0 saturated carbocycles. The van der Waals surface area contributed by atoms with E-state index in [9.17, 15) is 4.79 Å². The van der Waals surface area contributed by atoms with Crippen molar-refractivity contribution in [2.45, 2.75) is 110 Å². The highest BCUT2D eigenvalue weighted by Crippen LogP contribution is 2.10. The van der Waals surface area contributed by atoms with Gasteiger partial charge < -0.3 is 9.84 Å². The Bertz CT molecular complexity index is 297. The second kappa shape index (κ2) is 18.5. The molecule has 1 unspecified atom stereocenters. The van der Waals surface area contributed by atoms with Crippen LogP contribution < -0.4 is 0 Å². The van der Waals surface area contributed by atoms with Crippen LogP contribution in [0.1, 0.15) is 104 Å². The third-order valence-corrected chi connectivity index (χ3v) is 4.13. The molecule has 0 aromatic heterocycles. The van der Waals surface area contributed by atoms with Gasteiger partial charge in [0, 0.05) is 6.42 Å². The van der Waals surface area contributed by atoms with Crippen molar-refractivity contribution >= 4 is 5.97 Å². The zero-order valence-corrected chi connectivity index (χ0v) is 16.1. The van der Waals surface area contributed by atoms with Gasteiger partial charge in [0.15, 0.2) is 0 Å². The lowest BCUT2D eigenvalue weighted by Gasteiger charge is -2.06. The number of rotatable bonds is 17. The molecule has 1 atom stereocenters. The van der Waals surface area contributed by atoms with Gasteiger partial charge in [-0.1, -0.05) is 70.4 Å². The first-order valence-corrected chi connectivity index (χ1v) is 10.2. The molecule has 0 aliphatic heterocycles. The predicted octanol–water partition coefficient (Wildman–Crippen LogP) is 5.95. The van der Waals surface area contributed by atoms with Crippen LogP contribution in [0.25, 0.3) is 0 Å². The molecule has 0 fully saturated rings. The third-order valence-electron chi connectivity index (χ3n) is 4.13. The summed E-state index contributed by atoms with van der Waals surface area (Å²) in [5.74, 6) is -0.187. The minimum absolute atomic E-state index is 0.115. The monoisotopic (exact) mass is 340 g/mol. The summed E-state index contributed by atoms with van der Waals surface area (Å²) < 4.78 is 4.92. The van der Waals surface area contributed by atoms with Crippen molar-refractivity contribution in [3.63, 3.8) is 0 Å². The van der Waals surface area contributed by atoms with Crippen molar-refractivity contribution in [1.29, 1.82) is 0 Å². The average Bonchev–Trinajstić information content (AvgIpc) is 2.56. The molecule has 142 valence electrons. The van der Waals surface area contributed by atoms with Crippen LogP contribution in [0.4, 0.5) is 0 Å². The molecule has 0 aliphatic rings. The number of esters is 1. The topological polar surface area (TPSA) is 46.5 Å². The van der Waals surface area contributed by atoms with Crippen LogP contribution in [0.15, 0.2) is 12.2 Å². The molecule has 1 N–H and O–H groups in total. The van der Waals surface area contributed by atoms with Gasteiger partial charge in [0.2, 0.25) is 0 Å². The van der Waals surface area contributed by atoms with Gasteiger partial charge in [0.05, 0.1) is 6.10 Å². The lowest BCUT2D eigenvalue weighted by Crippen LogP contribution is -2.14. The number of ether oxygens (including phenoxy) is 1. The highest BCUT2D eigenvalue weighted by molar-refractivity contribution is 5.69. The molecule has 0 aromatic rings. The van der Waals surface area contributed by atoms with Crippen molar-refractivity contribution in [3.05, 3.63) is 12.2 Å². The fourth-order valence-electron chi connectivity index (χ4n) is 2.63. The van der Waals surface area contributed by atoms with Crippen molar-refractivity contribution in [3.8, 4) is 0 Å². The van der Waals surface area contributed by atoms with Crippen molar-refractivity contribution in [2.75, 3.05) is 6.61 Å². The Morgan fingerprint density at radius 2 is 1.38 bits per heavy atom. The van der Waals surface area contributed by atoms with Crippen LogP contribution in [-0.4, -0.2) is 23.8 Å². The van der Waals surface area contributed by atoms with Crippen LogP contribution in [0.3, 0.4) is 0 Å². The maximum absolute atomic E-state index is 11.3. The van der Waals surface area contributed by atoms with Crippen LogP contribution in [0.5, 0.6) is 0 Å². The molecule has 24 heavy (non-hydrogen) atoms. The zero-order valence-electron chi connectivity index (χ0n) is 16.1. The molecule has 3 heteroatoms. The average molecular weight is 341 g/mol. The van der Waals surface area contributed by atoms with Crippen LogP contribution in [0, 0.1) is 0 Å². The summed E-state index contributed by atoms with van der Waals surface area (Å²) >= 11 is 0. The van der Waals surface area contributed by atoms with Gasteiger partial charge in [-0.3, -0.25) is 4.79 Å². The quantitative estimate of drug-likeness (QED) is 0.202. The molecular formula is C21H40O3. The van der Waals surface area contributed by atoms with Gasteiger partial charge >= 0.3 is 5.97 Å². The summed E-state index contributed by atoms with van der Waals surface area (Å²) in [6, 6.07) is 0. The van der Waals surface area contributed by atoms with Crippen molar-refractivity contribution in [2.24, 2.45) is 0 Å². The summed E-state index contributed by atoms with van der Waals surface area (Å²) in [5.41, 5.74) is 0. The number of aliphatic hydroxyl groups is 1. The first kappa shape index (κ1) is 23.2. The molecule has 0 bridgehead atoms. The van der Waals surface area contributed by atoms with E-state index in [2.05, 4.69) is 19.1 Å². The largest absolute Gasteiger partial charge is 0.463 e. The molecular weight excluding hydrogens is 300 g/mol. The van der Waals surface area contributed by atoms with E-state index in [1.165, 1.54) is 70.6 Å². The van der Waals surface area contributed by atoms with E-state index in [1.54, 1.807) is 6.92 Å². The third kappa shape index (κ3) is 19.2. The second-order valence-corrected chi connectivity index (χ2v) is 6.87. The van der Waals surface area contributed by atoms with Crippen LogP contribution >= 0.6 is 0 Å². The van der Waals surface area contributed by atoms with Gasteiger partial charge in [0.25, 0.3) is 0 Å². The van der Waals surface area contributed by atoms with Crippen LogP contribution in [-0.2, 0) is 9.53 Å². The fourth-order valence-corrected chi connectivity index (χ4v) is 2.63. The number of hydrogen-bond acceptors (Lipinski definition) is 3. The summed E-state index contributed by atoms with van der Waals surface area (Å²) in [7, 11) is 0. The first-order valence-electron chi connectivity index (χ1n) is 10.2. The maximum Gasteiger partial charge on any atom is 0.305 e. The van der Waals surface area contributed by atoms with Gasteiger partial charge in [-0.25, -0.2) is 0 Å². The molecule has 0 amide bonds. The lowest BCUT2D eigenvalue weighted by molar-refractivity contribution is -0.146. The summed E-state index contributed by atoms with van der Waals surface area (Å²) in [6.45, 7) is 4.00. The Morgan fingerprint density at radius 3 is 1.92 bits per heavy atom. The fraction of sp³-hybridized carbons (Fsp3) is 0.857. The Morgan fingerprint density at radius 1 is 0.875 bits per heavy atom. The lowest BCUT2D eigenvalue weighted by atomic mass is 10.1. The van der Waals surface area contributed by atoms with Crippen molar-refractivity contribution < 1.29 is 14.6 Å². The van der Waals surface area contributed by atoms with E-state index >= 15 is 0 Å². The first-order chi connectivity index (χ1) is 11.7. The molecule has 0 radical (unpaired) electrons. The van der Waals surface area contributed by atoms with Gasteiger partial charge in [-0.05, 0) is 39.0 Å². The number of allylic oxidation sites excluding steroid dienone is 2. The normalized spacial score (nSPS) is 12.6. The zero-order chi connectivity index (χ0) is 17.9. The number of hydrogen-bond donors (Lipinski definition) is 1. The smallest absolute Gasteiger partial charge is 0.305 e. The molecule has 0 saturated heterocycles. The molecule has 0 aromatic carbocycles. The predicted molar refractivity (Wildman–Crippen MR) is 102 cm³/mol. The Hall–Kier alpha value is -0.830. The summed E-state index contributed by atoms with van der Waals surface area (Å²) in [4.78, 5) is 11.3. The number of aliphatic hydroxyl groups excluding tert-OH is 1. The Labute approximate surface area is 149 Å². The van der Waals surface area contributed by atoms with E-state index in [1.807, 2.05) is 0 Å². The number of carbonyl (C=O) groups is 1. The second-order valence-electron chi connectivity index (χ2n) is 6.87. The Kier molecular flexibility index (Phi) is 17.9. The highest BCUT2D eigenvalue weighted by atomic mass is 16.5. The minimum Gasteiger partial charge on any atom is -0.463 e. The molecule has 0 spiro atoms. The number of unbranched alkanes of at least 4 members (excludes halogenated alkanes) is 11. The molecule has 0 rings (SSSR count). The van der Waals surface area contributed by atoms with E-state index in [0.29, 0.717) is 6.42 Å². The molecule has 3 nitrogen and oxygen atoms in total. The highest BCUT2D eigenvalue weighted by Gasteiger charge is 2.04.